The number of para-hydroxylation sites is 3. The highest BCUT2D eigenvalue weighted by Gasteiger charge is 2.20. The molecule has 0 bridgehead atoms. The minimum Gasteiger partial charge on any atom is -0.310 e. The minimum absolute atomic E-state index is 1.07. The maximum Gasteiger partial charge on any atom is 0.0547 e. The summed E-state index contributed by atoms with van der Waals surface area (Å²) in [5.74, 6) is 0. The summed E-state index contributed by atoms with van der Waals surface area (Å²) in [6, 6.07) is 106. The topological polar surface area (TPSA) is 8.17 Å². The highest BCUT2D eigenvalue weighted by Crippen LogP contribution is 2.45. The summed E-state index contributed by atoms with van der Waals surface area (Å²) < 4.78 is 2.39. The van der Waals surface area contributed by atoms with E-state index in [-0.39, 0.29) is 0 Å². The minimum atomic E-state index is 1.07. The van der Waals surface area contributed by atoms with Crippen LogP contribution in [0.3, 0.4) is 0 Å². The molecule has 0 fully saturated rings. The van der Waals surface area contributed by atoms with E-state index in [2.05, 4.69) is 301 Å². The van der Waals surface area contributed by atoms with Gasteiger partial charge in [0.2, 0.25) is 0 Å². The van der Waals surface area contributed by atoms with Gasteiger partial charge in [-0.25, -0.2) is 0 Å². The van der Waals surface area contributed by atoms with Crippen LogP contribution in [0.4, 0.5) is 17.1 Å². The zero-order valence-corrected chi connectivity index (χ0v) is 39.6. The molecular weight excluding hydrogens is 869 g/mol. The van der Waals surface area contributed by atoms with Gasteiger partial charge >= 0.3 is 0 Å². The van der Waals surface area contributed by atoms with Gasteiger partial charge < -0.3 is 9.47 Å². The highest BCUT2D eigenvalue weighted by atomic mass is 15.1. The maximum absolute atomic E-state index is 2.41. The van der Waals surface area contributed by atoms with Gasteiger partial charge in [-0.1, -0.05) is 231 Å². The molecule has 0 aliphatic rings. The Hall–Kier alpha value is -9.50. The Kier molecular flexibility index (Phi) is 10.9. The van der Waals surface area contributed by atoms with Crippen LogP contribution >= 0.6 is 0 Å². The maximum atomic E-state index is 2.41. The molecule has 2 heteroatoms. The van der Waals surface area contributed by atoms with Crippen molar-refractivity contribution in [3.63, 3.8) is 0 Å². The van der Waals surface area contributed by atoms with E-state index in [4.69, 9.17) is 0 Å². The third-order valence-electron chi connectivity index (χ3n) is 14.2. The number of hydrogen-bond acceptors (Lipinski definition) is 1. The second kappa shape index (κ2) is 18.4. The van der Waals surface area contributed by atoms with E-state index in [1.165, 1.54) is 88.2 Å². The standard InChI is InChI=1S/C70H48N2/c1-3-18-51(19-4-1)60-27-9-10-28-62(60)54-42-46-59(47-43-54)71(58-44-40-50(41-45-58)49-36-38-53(39-37-49)63-31-16-21-52-20-7-8-26-61(52)63)67-33-13-11-29-64(67)55-22-15-23-56(48-55)65-32-17-35-69-70(65)66-30-12-14-34-68(66)72(69)57-24-5-2-6-25-57/h1-48H. The molecule has 0 aliphatic carbocycles. The molecule has 1 aromatic heterocycles. The first kappa shape index (κ1) is 42.6. The molecule has 0 saturated carbocycles. The molecule has 1 heterocycles. The Morgan fingerprint density at radius 3 is 1.40 bits per heavy atom. The third-order valence-corrected chi connectivity index (χ3v) is 14.2. The highest BCUT2D eigenvalue weighted by molar-refractivity contribution is 6.16. The normalized spacial score (nSPS) is 11.3. The zero-order valence-electron chi connectivity index (χ0n) is 39.6. The van der Waals surface area contributed by atoms with Crippen LogP contribution in [0, 0.1) is 0 Å². The molecule has 338 valence electrons. The molecule has 12 aromatic carbocycles. The van der Waals surface area contributed by atoms with Gasteiger partial charge in [0.1, 0.15) is 0 Å². The van der Waals surface area contributed by atoms with Crippen molar-refractivity contribution >= 4 is 49.6 Å². The van der Waals surface area contributed by atoms with E-state index < -0.39 is 0 Å². The molecule has 0 radical (unpaired) electrons. The average molecular weight is 917 g/mol. The van der Waals surface area contributed by atoms with Gasteiger partial charge in [-0.2, -0.15) is 0 Å². The number of hydrogen-bond donors (Lipinski definition) is 0. The monoisotopic (exact) mass is 916 g/mol. The van der Waals surface area contributed by atoms with Crippen molar-refractivity contribution in [2.45, 2.75) is 0 Å². The predicted octanol–water partition coefficient (Wildman–Crippen LogP) is 19.4. The molecular formula is C70H48N2. The number of rotatable bonds is 10. The molecule has 0 aliphatic heterocycles. The molecule has 2 nitrogen and oxygen atoms in total. The van der Waals surface area contributed by atoms with Gasteiger partial charge in [0, 0.05) is 33.4 Å². The molecule has 0 spiro atoms. The van der Waals surface area contributed by atoms with Crippen LogP contribution in [0.1, 0.15) is 0 Å². The van der Waals surface area contributed by atoms with E-state index in [9.17, 15) is 0 Å². The largest absolute Gasteiger partial charge is 0.310 e. The van der Waals surface area contributed by atoms with Gasteiger partial charge in [0.15, 0.2) is 0 Å². The fourth-order valence-electron chi connectivity index (χ4n) is 10.8. The van der Waals surface area contributed by atoms with Gasteiger partial charge in [0.05, 0.1) is 16.7 Å². The number of fused-ring (bicyclic) bond motifs is 4. The molecule has 72 heavy (non-hydrogen) atoms. The molecule has 0 atom stereocenters. The summed E-state index contributed by atoms with van der Waals surface area (Å²) in [6.45, 7) is 0. The average Bonchev–Trinajstić information content (AvgIpc) is 3.81. The summed E-state index contributed by atoms with van der Waals surface area (Å²) in [7, 11) is 0. The summed E-state index contributed by atoms with van der Waals surface area (Å²) >= 11 is 0. The van der Waals surface area contributed by atoms with E-state index >= 15 is 0 Å². The zero-order chi connectivity index (χ0) is 47.8. The van der Waals surface area contributed by atoms with Crippen molar-refractivity contribution < 1.29 is 0 Å². The molecule has 0 amide bonds. The Balaban J connectivity index is 0.912. The number of anilines is 3. The predicted molar refractivity (Wildman–Crippen MR) is 306 cm³/mol. The summed E-state index contributed by atoms with van der Waals surface area (Å²) in [5.41, 5.74) is 21.1. The van der Waals surface area contributed by atoms with Gasteiger partial charge in [0.25, 0.3) is 0 Å². The van der Waals surface area contributed by atoms with Crippen molar-refractivity contribution in [1.82, 2.24) is 4.57 Å². The number of nitrogens with zero attached hydrogens (tertiary/aromatic N) is 2. The van der Waals surface area contributed by atoms with Crippen LogP contribution in [0.5, 0.6) is 0 Å². The summed E-state index contributed by atoms with van der Waals surface area (Å²) in [6.07, 6.45) is 0. The van der Waals surface area contributed by atoms with Gasteiger partial charge in [-0.05, 0) is 133 Å². The molecule has 13 rings (SSSR count). The van der Waals surface area contributed by atoms with Crippen molar-refractivity contribution in [3.05, 3.63) is 291 Å². The van der Waals surface area contributed by atoms with Crippen LogP contribution in [-0.2, 0) is 0 Å². The van der Waals surface area contributed by atoms with E-state index in [0.29, 0.717) is 0 Å². The Bertz CT molecular complexity index is 4050. The van der Waals surface area contributed by atoms with Crippen molar-refractivity contribution in [3.8, 4) is 72.4 Å². The van der Waals surface area contributed by atoms with E-state index in [1.807, 2.05) is 0 Å². The molecule has 0 saturated heterocycles. The first-order chi connectivity index (χ1) is 35.7. The van der Waals surface area contributed by atoms with Gasteiger partial charge in [-0.3, -0.25) is 0 Å². The van der Waals surface area contributed by atoms with Crippen molar-refractivity contribution in [2.24, 2.45) is 0 Å². The van der Waals surface area contributed by atoms with E-state index in [0.717, 1.165) is 33.9 Å². The number of aromatic nitrogens is 1. The molecule has 0 N–H and O–H groups in total. The van der Waals surface area contributed by atoms with Crippen LogP contribution in [-0.4, -0.2) is 4.57 Å². The van der Waals surface area contributed by atoms with Crippen LogP contribution in [0.2, 0.25) is 0 Å². The quantitative estimate of drug-likeness (QED) is 0.133. The fraction of sp³-hybridized carbons (Fsp3) is 0. The summed E-state index contributed by atoms with van der Waals surface area (Å²) in [4.78, 5) is 2.41. The number of benzene rings is 12. The SMILES string of the molecule is c1ccc(-c2ccccc2-c2ccc(N(c3ccc(-c4ccc(-c5cccc6ccccc56)cc4)cc3)c3ccccc3-c3cccc(-c4cccc5c4c4ccccc4n5-c4ccccc4)c3)cc2)cc1. The smallest absolute Gasteiger partial charge is 0.0547 e. The van der Waals surface area contributed by atoms with Crippen LogP contribution in [0.25, 0.3) is 105 Å². The second-order valence-electron chi connectivity index (χ2n) is 18.4. The lowest BCUT2D eigenvalue weighted by molar-refractivity contribution is 1.18. The Morgan fingerprint density at radius 1 is 0.250 bits per heavy atom. The van der Waals surface area contributed by atoms with E-state index in [1.54, 1.807) is 0 Å². The van der Waals surface area contributed by atoms with Crippen molar-refractivity contribution in [2.75, 3.05) is 4.90 Å². The second-order valence-corrected chi connectivity index (χ2v) is 18.4. The Labute approximate surface area is 420 Å². The van der Waals surface area contributed by atoms with Crippen LogP contribution in [0.15, 0.2) is 291 Å². The first-order valence-electron chi connectivity index (χ1n) is 24.7. The molecule has 0 unspecified atom stereocenters. The fourth-order valence-corrected chi connectivity index (χ4v) is 10.8. The summed E-state index contributed by atoms with van der Waals surface area (Å²) in [5, 5.41) is 5.01. The van der Waals surface area contributed by atoms with Crippen LogP contribution < -0.4 is 4.90 Å². The lowest BCUT2D eigenvalue weighted by Gasteiger charge is -2.28. The van der Waals surface area contributed by atoms with Gasteiger partial charge in [-0.15, -0.1) is 0 Å². The lowest BCUT2D eigenvalue weighted by Crippen LogP contribution is -2.11. The first-order valence-corrected chi connectivity index (χ1v) is 24.7. The molecule has 13 aromatic rings. The third kappa shape index (κ3) is 7.73. The van der Waals surface area contributed by atoms with Crippen molar-refractivity contribution in [1.29, 1.82) is 0 Å². The lowest BCUT2D eigenvalue weighted by atomic mass is 9.94. The Morgan fingerprint density at radius 2 is 0.681 bits per heavy atom.